The van der Waals surface area contributed by atoms with Gasteiger partial charge < -0.3 is 34.1 Å². The van der Waals surface area contributed by atoms with Gasteiger partial charge in [-0.3, -0.25) is 0 Å². The SMILES string of the molecule is [N-]=[N+]=NC1CC[C@@H](CN(Cc2ccccc2)C(=O)OCc2ccccc2)O[C@@H]1O[C@@H]1C(N=[N+]=[N-])OC(N=[N+]=[N-])[C@H](O)[C@H]1O. The van der Waals surface area contributed by atoms with Crippen molar-refractivity contribution >= 4 is 6.09 Å². The van der Waals surface area contributed by atoms with Gasteiger partial charge in [0.1, 0.15) is 24.9 Å². The van der Waals surface area contributed by atoms with Crippen molar-refractivity contribution in [2.45, 2.75) is 75.2 Å². The molecule has 2 aliphatic rings. The summed E-state index contributed by atoms with van der Waals surface area (Å²) in [7, 11) is 0. The van der Waals surface area contributed by atoms with Crippen molar-refractivity contribution in [1.82, 2.24) is 4.90 Å². The Balaban J connectivity index is 1.50. The van der Waals surface area contributed by atoms with Crippen molar-refractivity contribution in [3.63, 3.8) is 0 Å². The summed E-state index contributed by atoms with van der Waals surface area (Å²) < 4.78 is 23.0. The summed E-state index contributed by atoms with van der Waals surface area (Å²) in [6, 6.07) is 17.7. The molecule has 2 heterocycles. The van der Waals surface area contributed by atoms with Crippen LogP contribution in [0.15, 0.2) is 76.0 Å². The Hall–Kier alpha value is -4.56. The van der Waals surface area contributed by atoms with Gasteiger partial charge in [-0.1, -0.05) is 76.0 Å². The van der Waals surface area contributed by atoms with E-state index >= 15 is 0 Å². The summed E-state index contributed by atoms with van der Waals surface area (Å²) in [5.41, 5.74) is 28.5. The fraction of sp³-hybridized carbons (Fsp3) is 0.500. The molecule has 226 valence electrons. The quantitative estimate of drug-likeness (QED) is 0.215. The molecule has 2 aliphatic heterocycles. The second-order valence-electron chi connectivity index (χ2n) is 9.79. The Kier molecular flexibility index (Phi) is 11.4. The predicted molar refractivity (Wildman–Crippen MR) is 148 cm³/mol. The molecule has 0 bridgehead atoms. The van der Waals surface area contributed by atoms with Crippen LogP contribution in [-0.2, 0) is 32.1 Å². The zero-order valence-corrected chi connectivity index (χ0v) is 22.8. The maximum atomic E-state index is 13.2. The molecule has 4 rings (SSSR count). The first-order valence-corrected chi connectivity index (χ1v) is 13.4. The lowest BCUT2D eigenvalue weighted by atomic mass is 10.0. The lowest BCUT2D eigenvalue weighted by Gasteiger charge is -2.43. The van der Waals surface area contributed by atoms with Crippen molar-refractivity contribution < 1.29 is 34.0 Å². The van der Waals surface area contributed by atoms with E-state index in [0.29, 0.717) is 6.42 Å². The van der Waals surface area contributed by atoms with Crippen LogP contribution in [0.4, 0.5) is 4.79 Å². The molecule has 17 heteroatoms. The van der Waals surface area contributed by atoms with Gasteiger partial charge in [0.2, 0.25) is 0 Å². The first kappa shape index (κ1) is 31.4. The zero-order valence-electron chi connectivity index (χ0n) is 22.8. The number of carbonyl (C=O) groups is 1. The molecule has 0 aromatic heterocycles. The Morgan fingerprint density at radius 2 is 1.49 bits per heavy atom. The number of ether oxygens (including phenoxy) is 4. The van der Waals surface area contributed by atoms with E-state index in [1.807, 2.05) is 60.7 Å². The van der Waals surface area contributed by atoms with Crippen molar-refractivity contribution in [3.05, 3.63) is 103 Å². The molecule has 2 fully saturated rings. The molecule has 2 aromatic rings. The number of aliphatic hydroxyl groups excluding tert-OH is 2. The topological polar surface area (TPSA) is 244 Å². The number of benzene rings is 2. The minimum atomic E-state index is -1.72. The number of aliphatic hydroxyl groups is 2. The molecule has 2 aromatic carbocycles. The fourth-order valence-corrected chi connectivity index (χ4v) is 4.77. The van der Waals surface area contributed by atoms with Gasteiger partial charge >= 0.3 is 6.09 Å². The van der Waals surface area contributed by atoms with Crippen LogP contribution in [0.3, 0.4) is 0 Å². The van der Waals surface area contributed by atoms with Gasteiger partial charge in [0.25, 0.3) is 0 Å². The van der Waals surface area contributed by atoms with Crippen LogP contribution in [0.1, 0.15) is 24.0 Å². The summed E-state index contributed by atoms with van der Waals surface area (Å²) in [6.07, 6.45) is -9.79. The van der Waals surface area contributed by atoms with Gasteiger partial charge in [-0.25, -0.2) is 4.79 Å². The lowest BCUT2D eigenvalue weighted by molar-refractivity contribution is -0.293. The van der Waals surface area contributed by atoms with E-state index in [0.717, 1.165) is 11.1 Å². The standard InChI is InChI=1S/C26H30N10O7/c27-33-30-19-12-11-18(41-25(19)42-22-20(37)21(38)23(31-34-28)43-24(22)32-35-29)14-36(13-16-7-3-1-4-8-16)26(39)40-15-17-9-5-2-6-10-17/h1-10,18-25,37-38H,11-15H2/t18-,19?,20+,21+,22-,23?,24?,25+/m0/s1. The van der Waals surface area contributed by atoms with Crippen molar-refractivity contribution in [2.75, 3.05) is 6.54 Å². The molecule has 17 nitrogen and oxygen atoms in total. The van der Waals surface area contributed by atoms with Gasteiger partial charge in [-0.2, -0.15) is 0 Å². The minimum Gasteiger partial charge on any atom is -0.445 e. The Morgan fingerprint density at radius 1 is 0.860 bits per heavy atom. The average molecular weight is 595 g/mol. The van der Waals surface area contributed by atoms with E-state index < -0.39 is 55.3 Å². The maximum Gasteiger partial charge on any atom is 0.410 e. The van der Waals surface area contributed by atoms with Crippen LogP contribution >= 0.6 is 0 Å². The van der Waals surface area contributed by atoms with Crippen molar-refractivity contribution in [3.8, 4) is 0 Å². The summed E-state index contributed by atoms with van der Waals surface area (Å²) >= 11 is 0. The van der Waals surface area contributed by atoms with Crippen LogP contribution in [0, 0.1) is 0 Å². The molecule has 2 N–H and O–H groups in total. The third-order valence-corrected chi connectivity index (χ3v) is 6.89. The highest BCUT2D eigenvalue weighted by Crippen LogP contribution is 2.31. The number of amides is 1. The fourth-order valence-electron chi connectivity index (χ4n) is 4.77. The number of nitrogens with zero attached hydrogens (tertiary/aromatic N) is 10. The maximum absolute atomic E-state index is 13.2. The number of hydrogen-bond acceptors (Lipinski definition) is 10. The highest BCUT2D eigenvalue weighted by Gasteiger charge is 2.47. The lowest BCUT2D eigenvalue weighted by Crippen LogP contribution is -2.59. The Morgan fingerprint density at radius 3 is 2.14 bits per heavy atom. The number of hydrogen-bond donors (Lipinski definition) is 2. The number of azide groups is 3. The van der Waals surface area contributed by atoms with Gasteiger partial charge in [0.05, 0.1) is 18.7 Å². The first-order chi connectivity index (χ1) is 20.9. The molecule has 1 amide bonds. The van der Waals surface area contributed by atoms with Gasteiger partial charge in [-0.05, 0) is 40.6 Å². The molecule has 2 saturated heterocycles. The second-order valence-corrected chi connectivity index (χ2v) is 9.79. The highest BCUT2D eigenvalue weighted by molar-refractivity contribution is 5.67. The Bertz CT molecular complexity index is 1350. The normalized spacial score (nSPS) is 28.3. The number of rotatable bonds is 11. The highest BCUT2D eigenvalue weighted by atomic mass is 16.7. The van der Waals surface area contributed by atoms with Crippen LogP contribution in [0.2, 0.25) is 0 Å². The van der Waals surface area contributed by atoms with Crippen molar-refractivity contribution in [1.29, 1.82) is 0 Å². The van der Waals surface area contributed by atoms with Gasteiger partial charge in [0.15, 0.2) is 18.7 Å². The summed E-state index contributed by atoms with van der Waals surface area (Å²) in [5.74, 6) is 0. The zero-order chi connectivity index (χ0) is 30.6. The van der Waals surface area contributed by atoms with E-state index in [1.54, 1.807) is 0 Å². The molecule has 0 aliphatic carbocycles. The third kappa shape index (κ3) is 8.49. The minimum absolute atomic E-state index is 0.0702. The van der Waals surface area contributed by atoms with Gasteiger partial charge in [0, 0.05) is 21.3 Å². The van der Waals surface area contributed by atoms with E-state index in [4.69, 9.17) is 35.5 Å². The van der Waals surface area contributed by atoms with Gasteiger partial charge in [-0.15, -0.1) is 0 Å². The van der Waals surface area contributed by atoms with E-state index in [-0.39, 0.29) is 26.1 Å². The first-order valence-electron chi connectivity index (χ1n) is 13.4. The Labute approximate surface area is 245 Å². The summed E-state index contributed by atoms with van der Waals surface area (Å²) in [4.78, 5) is 22.8. The van der Waals surface area contributed by atoms with Crippen LogP contribution in [0.25, 0.3) is 31.3 Å². The molecule has 0 spiro atoms. The third-order valence-electron chi connectivity index (χ3n) is 6.89. The monoisotopic (exact) mass is 594 g/mol. The van der Waals surface area contributed by atoms with E-state index in [9.17, 15) is 15.0 Å². The largest absolute Gasteiger partial charge is 0.445 e. The second kappa shape index (κ2) is 15.6. The molecule has 3 unspecified atom stereocenters. The molecule has 43 heavy (non-hydrogen) atoms. The number of carbonyl (C=O) groups excluding carboxylic acids is 1. The predicted octanol–water partition coefficient (Wildman–Crippen LogP) is 4.42. The average Bonchev–Trinajstić information content (AvgIpc) is 3.02. The summed E-state index contributed by atoms with van der Waals surface area (Å²) in [5, 5.41) is 31.6. The van der Waals surface area contributed by atoms with Crippen LogP contribution < -0.4 is 0 Å². The molecule has 0 radical (unpaired) electrons. The van der Waals surface area contributed by atoms with E-state index in [2.05, 4.69) is 30.1 Å². The van der Waals surface area contributed by atoms with E-state index in [1.165, 1.54) is 4.90 Å². The smallest absolute Gasteiger partial charge is 0.410 e. The van der Waals surface area contributed by atoms with Crippen LogP contribution in [0.5, 0.6) is 0 Å². The van der Waals surface area contributed by atoms with Crippen LogP contribution in [-0.4, -0.2) is 77.0 Å². The van der Waals surface area contributed by atoms with Crippen molar-refractivity contribution in [2.24, 2.45) is 15.3 Å². The molecule has 0 saturated carbocycles. The molecular weight excluding hydrogens is 564 g/mol. The molecular formula is C26H30N10O7. The molecule has 8 atom stereocenters. The summed E-state index contributed by atoms with van der Waals surface area (Å²) in [6.45, 7) is 0.373.